The molecule has 0 aliphatic rings. The van der Waals surface area contributed by atoms with Gasteiger partial charge in [0.15, 0.2) is 0 Å². The summed E-state index contributed by atoms with van der Waals surface area (Å²) in [7, 11) is 0. The van der Waals surface area contributed by atoms with Crippen LogP contribution in [-0.2, 0) is 0 Å². The molecule has 0 aliphatic carbocycles. The second kappa shape index (κ2) is 5.67. The largest absolute Gasteiger partial charge is 0.389 e. The summed E-state index contributed by atoms with van der Waals surface area (Å²) in [6.45, 7) is 1.95. The molecular formula is C14H12BrFN2S. The van der Waals surface area contributed by atoms with Crippen LogP contribution >= 0.6 is 28.1 Å². The topological polar surface area (TPSA) is 38.0 Å². The average Bonchev–Trinajstić information content (AvgIpc) is 2.35. The predicted molar refractivity (Wildman–Crippen MR) is 84.4 cm³/mol. The number of nitrogens with one attached hydrogen (secondary N) is 1. The van der Waals surface area contributed by atoms with E-state index in [9.17, 15) is 4.39 Å². The van der Waals surface area contributed by atoms with E-state index in [1.165, 1.54) is 6.07 Å². The molecule has 19 heavy (non-hydrogen) atoms. The summed E-state index contributed by atoms with van der Waals surface area (Å²) in [6, 6.07) is 10.3. The van der Waals surface area contributed by atoms with E-state index >= 15 is 0 Å². The number of anilines is 2. The Balaban J connectivity index is 2.43. The Kier molecular flexibility index (Phi) is 4.17. The first-order valence-electron chi connectivity index (χ1n) is 5.60. The minimum absolute atomic E-state index is 0.279. The summed E-state index contributed by atoms with van der Waals surface area (Å²) < 4.78 is 14.5. The number of rotatable bonds is 3. The van der Waals surface area contributed by atoms with Gasteiger partial charge in [-0.25, -0.2) is 4.39 Å². The van der Waals surface area contributed by atoms with Crippen molar-refractivity contribution in [2.75, 3.05) is 5.32 Å². The van der Waals surface area contributed by atoms with Crippen LogP contribution in [0.15, 0.2) is 40.9 Å². The van der Waals surface area contributed by atoms with Crippen molar-refractivity contribution in [1.82, 2.24) is 0 Å². The number of thiocarbonyl (C=S) groups is 1. The molecule has 0 unspecified atom stereocenters. The molecule has 0 heterocycles. The number of benzene rings is 2. The van der Waals surface area contributed by atoms with Crippen molar-refractivity contribution in [2.24, 2.45) is 5.73 Å². The number of hydrogen-bond acceptors (Lipinski definition) is 2. The van der Waals surface area contributed by atoms with Crippen LogP contribution in [0, 0.1) is 12.7 Å². The molecule has 2 nitrogen and oxygen atoms in total. The molecule has 2 aromatic rings. The molecule has 2 rings (SSSR count). The fourth-order valence-corrected chi connectivity index (χ4v) is 2.24. The maximum Gasteiger partial charge on any atom is 0.146 e. The maximum atomic E-state index is 13.7. The fourth-order valence-electron chi connectivity index (χ4n) is 1.71. The Morgan fingerprint density at radius 3 is 2.63 bits per heavy atom. The average molecular weight is 339 g/mol. The van der Waals surface area contributed by atoms with E-state index in [0.29, 0.717) is 16.9 Å². The third-order valence-corrected chi connectivity index (χ3v) is 3.35. The van der Waals surface area contributed by atoms with Crippen molar-refractivity contribution in [3.05, 3.63) is 57.8 Å². The molecule has 0 saturated heterocycles. The number of hydrogen-bond donors (Lipinski definition) is 2. The van der Waals surface area contributed by atoms with Gasteiger partial charge >= 0.3 is 0 Å². The summed E-state index contributed by atoms with van der Waals surface area (Å²) >= 11 is 8.33. The lowest BCUT2D eigenvalue weighted by Gasteiger charge is -2.13. The van der Waals surface area contributed by atoms with E-state index in [1.54, 1.807) is 12.1 Å². The van der Waals surface area contributed by atoms with E-state index < -0.39 is 0 Å². The summed E-state index contributed by atoms with van der Waals surface area (Å²) in [5.41, 5.74) is 8.50. The van der Waals surface area contributed by atoms with Crippen molar-refractivity contribution >= 4 is 44.5 Å². The highest BCUT2D eigenvalue weighted by Crippen LogP contribution is 2.26. The SMILES string of the molecule is Cc1ccc(Nc2cc(Br)ccc2F)c(C(N)=S)c1. The van der Waals surface area contributed by atoms with Gasteiger partial charge in [-0.1, -0.05) is 39.8 Å². The Morgan fingerprint density at radius 1 is 1.21 bits per heavy atom. The monoisotopic (exact) mass is 338 g/mol. The van der Waals surface area contributed by atoms with E-state index in [-0.39, 0.29) is 10.8 Å². The predicted octanol–water partition coefficient (Wildman–Crippen LogP) is 4.27. The van der Waals surface area contributed by atoms with Crippen LogP contribution in [0.5, 0.6) is 0 Å². The Bertz CT molecular complexity index is 643. The highest BCUT2D eigenvalue weighted by atomic mass is 79.9. The molecule has 0 atom stereocenters. The van der Waals surface area contributed by atoms with Gasteiger partial charge in [-0.15, -0.1) is 0 Å². The van der Waals surface area contributed by atoms with Gasteiger partial charge in [0, 0.05) is 15.7 Å². The summed E-state index contributed by atoms with van der Waals surface area (Å²) in [6.07, 6.45) is 0. The lowest BCUT2D eigenvalue weighted by atomic mass is 10.1. The second-order valence-corrected chi connectivity index (χ2v) is 5.52. The number of nitrogens with two attached hydrogens (primary N) is 1. The highest BCUT2D eigenvalue weighted by Gasteiger charge is 2.09. The van der Waals surface area contributed by atoms with Crippen LogP contribution in [0.3, 0.4) is 0 Å². The fraction of sp³-hybridized carbons (Fsp3) is 0.0714. The van der Waals surface area contributed by atoms with Crippen LogP contribution in [-0.4, -0.2) is 4.99 Å². The molecular weight excluding hydrogens is 327 g/mol. The zero-order valence-corrected chi connectivity index (χ0v) is 12.6. The molecule has 98 valence electrons. The lowest BCUT2D eigenvalue weighted by molar-refractivity contribution is 0.631. The minimum Gasteiger partial charge on any atom is -0.389 e. The van der Waals surface area contributed by atoms with E-state index in [4.69, 9.17) is 18.0 Å². The Labute approximate surface area is 124 Å². The highest BCUT2D eigenvalue weighted by molar-refractivity contribution is 9.10. The molecule has 0 saturated carbocycles. The van der Waals surface area contributed by atoms with Gasteiger partial charge < -0.3 is 11.1 Å². The van der Waals surface area contributed by atoms with Crippen LogP contribution in [0.4, 0.5) is 15.8 Å². The zero-order chi connectivity index (χ0) is 14.0. The first-order valence-corrected chi connectivity index (χ1v) is 6.80. The molecule has 0 aromatic heterocycles. The second-order valence-electron chi connectivity index (χ2n) is 4.16. The van der Waals surface area contributed by atoms with Crippen molar-refractivity contribution in [2.45, 2.75) is 6.92 Å². The zero-order valence-electron chi connectivity index (χ0n) is 10.2. The molecule has 5 heteroatoms. The van der Waals surface area contributed by atoms with Crippen molar-refractivity contribution < 1.29 is 4.39 Å². The van der Waals surface area contributed by atoms with E-state index in [2.05, 4.69) is 21.2 Å². The van der Waals surface area contributed by atoms with Crippen LogP contribution in [0.2, 0.25) is 0 Å². The van der Waals surface area contributed by atoms with Gasteiger partial charge in [-0.05, 0) is 37.3 Å². The van der Waals surface area contributed by atoms with E-state index in [1.807, 2.05) is 25.1 Å². The van der Waals surface area contributed by atoms with Crippen molar-refractivity contribution in [3.63, 3.8) is 0 Å². The van der Waals surface area contributed by atoms with Crippen LogP contribution in [0.1, 0.15) is 11.1 Å². The molecule has 0 radical (unpaired) electrons. The molecule has 0 fully saturated rings. The third-order valence-electron chi connectivity index (χ3n) is 2.64. The smallest absolute Gasteiger partial charge is 0.146 e. The van der Waals surface area contributed by atoms with Crippen LogP contribution in [0.25, 0.3) is 0 Å². The summed E-state index contributed by atoms with van der Waals surface area (Å²) in [5.74, 6) is -0.335. The molecule has 0 bridgehead atoms. The molecule has 0 spiro atoms. The van der Waals surface area contributed by atoms with Gasteiger partial charge in [-0.3, -0.25) is 0 Å². The van der Waals surface area contributed by atoms with Crippen LogP contribution < -0.4 is 11.1 Å². The summed E-state index contributed by atoms with van der Waals surface area (Å²) in [4.78, 5) is 0.279. The molecule has 3 N–H and O–H groups in total. The third kappa shape index (κ3) is 3.30. The van der Waals surface area contributed by atoms with Gasteiger partial charge in [0.05, 0.1) is 5.69 Å². The normalized spacial score (nSPS) is 10.3. The molecule has 0 aliphatic heterocycles. The quantitative estimate of drug-likeness (QED) is 0.820. The minimum atomic E-state index is -0.335. The maximum absolute atomic E-state index is 13.7. The molecule has 0 amide bonds. The number of aryl methyl sites for hydroxylation is 1. The summed E-state index contributed by atoms with van der Waals surface area (Å²) in [5, 5.41) is 3.02. The van der Waals surface area contributed by atoms with Gasteiger partial charge in [0.25, 0.3) is 0 Å². The Morgan fingerprint density at radius 2 is 1.95 bits per heavy atom. The standard InChI is InChI=1S/C14H12BrFN2S/c1-8-2-5-12(10(6-8)14(17)19)18-13-7-9(15)3-4-11(13)16/h2-7,18H,1H3,(H2,17,19). The van der Waals surface area contributed by atoms with Gasteiger partial charge in [0.2, 0.25) is 0 Å². The molecule has 2 aromatic carbocycles. The van der Waals surface area contributed by atoms with E-state index in [0.717, 1.165) is 10.0 Å². The lowest BCUT2D eigenvalue weighted by Crippen LogP contribution is -2.12. The van der Waals surface area contributed by atoms with Crippen molar-refractivity contribution in [3.8, 4) is 0 Å². The van der Waals surface area contributed by atoms with Gasteiger partial charge in [0.1, 0.15) is 10.8 Å². The number of halogens is 2. The van der Waals surface area contributed by atoms with Crippen molar-refractivity contribution in [1.29, 1.82) is 0 Å². The Hall–Kier alpha value is -1.46. The van der Waals surface area contributed by atoms with Gasteiger partial charge in [-0.2, -0.15) is 0 Å². The first-order chi connectivity index (χ1) is 8.97. The first kappa shape index (κ1) is 14.0.